The van der Waals surface area contributed by atoms with Crippen molar-refractivity contribution in [3.63, 3.8) is 0 Å². The molecule has 0 aromatic heterocycles. The normalized spacial score (nSPS) is 14.0. The fourth-order valence-corrected chi connectivity index (χ4v) is 5.29. The van der Waals surface area contributed by atoms with Crippen molar-refractivity contribution in [2.75, 3.05) is 11.9 Å². The van der Waals surface area contributed by atoms with E-state index in [9.17, 15) is 49.1 Å². The van der Waals surface area contributed by atoms with Crippen molar-refractivity contribution >= 4 is 49.2 Å². The number of hydrogen-bond acceptors (Lipinski definition) is 2. The molecule has 220 valence electrons. The van der Waals surface area contributed by atoms with Crippen LogP contribution in [0.5, 0.6) is 0 Å². The minimum atomic E-state index is -6.91. The number of rotatable bonds is 7. The summed E-state index contributed by atoms with van der Waals surface area (Å²) < 4.78 is 136. The smallest absolute Gasteiger partial charge is 0.309 e. The van der Waals surface area contributed by atoms with Gasteiger partial charge in [-0.1, -0.05) is 56.1 Å². The molecule has 0 saturated carbocycles. The van der Waals surface area contributed by atoms with E-state index in [1.807, 2.05) is 0 Å². The van der Waals surface area contributed by atoms with E-state index in [0.29, 0.717) is 0 Å². The first-order valence-corrected chi connectivity index (χ1v) is 12.7. The van der Waals surface area contributed by atoms with Crippen LogP contribution in [0, 0.1) is 5.82 Å². The van der Waals surface area contributed by atoms with Crippen molar-refractivity contribution in [3.8, 4) is 0 Å². The number of anilines is 1. The van der Waals surface area contributed by atoms with Gasteiger partial charge >= 0.3 is 23.9 Å². The summed E-state index contributed by atoms with van der Waals surface area (Å²) in [7, 11) is 1.24. The molecule has 0 heterocycles. The van der Waals surface area contributed by atoms with E-state index in [-0.39, 0.29) is 28.9 Å². The van der Waals surface area contributed by atoms with Crippen molar-refractivity contribution in [3.05, 3.63) is 97.7 Å². The Morgan fingerprint density at radius 1 is 0.780 bits per heavy atom. The fourth-order valence-electron chi connectivity index (χ4n) is 3.82. The molecule has 15 heteroatoms. The van der Waals surface area contributed by atoms with E-state index in [1.165, 1.54) is 31.3 Å². The number of alkyl halides is 9. The first-order chi connectivity index (χ1) is 18.8. The largest absolute Gasteiger partial charge is 0.457 e. The molecule has 0 aliphatic carbocycles. The summed E-state index contributed by atoms with van der Waals surface area (Å²) >= 11 is 5.38. The van der Waals surface area contributed by atoms with E-state index in [4.69, 9.17) is 0 Å². The number of ketones is 1. The van der Waals surface area contributed by atoms with Crippen LogP contribution in [0.25, 0.3) is 0 Å². The number of benzene rings is 3. The van der Waals surface area contributed by atoms with Crippen molar-refractivity contribution in [1.29, 1.82) is 0 Å². The Morgan fingerprint density at radius 2 is 1.32 bits per heavy atom. The lowest BCUT2D eigenvalue weighted by atomic mass is 9.86. The molecular formula is C26H15Br2F10NO2. The maximum Gasteiger partial charge on any atom is 0.457 e. The van der Waals surface area contributed by atoms with Crippen LogP contribution in [0.1, 0.15) is 31.8 Å². The van der Waals surface area contributed by atoms with Gasteiger partial charge in [0, 0.05) is 33.5 Å². The Morgan fingerprint density at radius 3 is 1.80 bits per heavy atom. The highest BCUT2D eigenvalue weighted by molar-refractivity contribution is 9.11. The van der Waals surface area contributed by atoms with Gasteiger partial charge in [0.25, 0.3) is 5.91 Å². The molecule has 1 atom stereocenters. The summed E-state index contributed by atoms with van der Waals surface area (Å²) in [6.07, 6.45) is -14.4. The molecule has 0 aliphatic heterocycles. The van der Waals surface area contributed by atoms with Gasteiger partial charge in [0.2, 0.25) is 0 Å². The second kappa shape index (κ2) is 11.4. The minimum Gasteiger partial charge on any atom is -0.309 e. The van der Waals surface area contributed by atoms with Crippen LogP contribution in [0.3, 0.4) is 0 Å². The van der Waals surface area contributed by atoms with E-state index in [2.05, 4.69) is 31.9 Å². The Balaban J connectivity index is 2.00. The van der Waals surface area contributed by atoms with Gasteiger partial charge in [0.15, 0.2) is 11.6 Å². The highest BCUT2D eigenvalue weighted by atomic mass is 79.9. The van der Waals surface area contributed by atoms with E-state index in [0.717, 1.165) is 11.0 Å². The maximum absolute atomic E-state index is 15.3. The number of nitrogens with zero attached hydrogens (tertiary/aromatic N) is 1. The summed E-state index contributed by atoms with van der Waals surface area (Å²) in [6.45, 7) is 0. The van der Waals surface area contributed by atoms with Crippen molar-refractivity contribution in [2.45, 2.75) is 30.4 Å². The molecule has 0 aliphatic rings. The number of amides is 1. The predicted molar refractivity (Wildman–Crippen MR) is 135 cm³/mol. The molecule has 3 aromatic rings. The second-order valence-electron chi connectivity index (χ2n) is 8.62. The Bertz CT molecular complexity index is 1450. The molecule has 0 bridgehead atoms. The van der Waals surface area contributed by atoms with Gasteiger partial charge in [0.05, 0.1) is 11.3 Å². The molecule has 3 rings (SSSR count). The topological polar surface area (TPSA) is 37.4 Å². The number of halogens is 12. The first-order valence-electron chi connectivity index (χ1n) is 11.1. The summed E-state index contributed by atoms with van der Waals surface area (Å²) in [5.74, 6) is -9.66. The average Bonchev–Trinajstić information content (AvgIpc) is 2.88. The number of hydrogen-bond donors (Lipinski definition) is 0. The zero-order chi connectivity index (χ0) is 31.1. The van der Waals surface area contributed by atoms with E-state index >= 15 is 4.39 Å². The van der Waals surface area contributed by atoms with Crippen molar-refractivity contribution in [2.24, 2.45) is 0 Å². The summed E-state index contributed by atoms with van der Waals surface area (Å²) in [6, 6.07) is 11.3. The predicted octanol–water partition coefficient (Wildman–Crippen LogP) is 8.98. The molecular weight excluding hydrogens is 708 g/mol. The van der Waals surface area contributed by atoms with Crippen molar-refractivity contribution in [1.82, 2.24) is 0 Å². The summed E-state index contributed by atoms with van der Waals surface area (Å²) in [5, 5.41) is 0. The van der Waals surface area contributed by atoms with Crippen LogP contribution >= 0.6 is 31.9 Å². The van der Waals surface area contributed by atoms with Gasteiger partial charge in [-0.2, -0.15) is 35.1 Å². The average molecular weight is 723 g/mol. The molecule has 0 saturated heterocycles. The minimum absolute atomic E-state index is 0.0413. The van der Waals surface area contributed by atoms with Gasteiger partial charge in [-0.25, -0.2) is 8.78 Å². The SMILES string of the molecule is CN(C(=O)c1ccccc1)c1cccc(C(=O)Cc2c(Br)cc(C(F)(C(F)(F)F)C(F)(F)C(F)(F)F)cc2Br)c1F. The first kappa shape index (κ1) is 32.6. The molecule has 41 heavy (non-hydrogen) atoms. The Labute approximate surface area is 242 Å². The van der Waals surface area contributed by atoms with Gasteiger partial charge in [-0.05, 0) is 42.0 Å². The van der Waals surface area contributed by atoms with Crippen LogP contribution in [0.15, 0.2) is 69.6 Å². The number of Topliss-reactive ketones (excluding diaryl/α,β-unsaturated/α-hetero) is 1. The third-order valence-corrected chi connectivity index (χ3v) is 7.44. The molecule has 3 aromatic carbocycles. The maximum atomic E-state index is 15.3. The molecule has 3 nitrogen and oxygen atoms in total. The van der Waals surface area contributed by atoms with Gasteiger partial charge in [-0.15, -0.1) is 0 Å². The lowest BCUT2D eigenvalue weighted by Crippen LogP contribution is -2.59. The third kappa shape index (κ3) is 5.87. The van der Waals surface area contributed by atoms with E-state index < -0.39 is 67.9 Å². The van der Waals surface area contributed by atoms with Crippen LogP contribution in [0.4, 0.5) is 49.6 Å². The van der Waals surface area contributed by atoms with Crippen LogP contribution in [-0.2, 0) is 12.1 Å². The van der Waals surface area contributed by atoms with Gasteiger partial charge in [0.1, 0.15) is 0 Å². The molecule has 1 amide bonds. The summed E-state index contributed by atoms with van der Waals surface area (Å²) in [4.78, 5) is 26.6. The van der Waals surface area contributed by atoms with Gasteiger partial charge < -0.3 is 4.90 Å². The third-order valence-electron chi connectivity index (χ3n) is 6.02. The number of carbonyl (C=O) groups is 2. The van der Waals surface area contributed by atoms with E-state index in [1.54, 1.807) is 18.2 Å². The quantitative estimate of drug-likeness (QED) is 0.180. The Kier molecular flexibility index (Phi) is 9.04. The van der Waals surface area contributed by atoms with Gasteiger partial charge in [-0.3, -0.25) is 9.59 Å². The monoisotopic (exact) mass is 721 g/mol. The number of carbonyl (C=O) groups excluding carboxylic acids is 2. The second-order valence-corrected chi connectivity index (χ2v) is 10.3. The van der Waals surface area contributed by atoms with Crippen LogP contribution < -0.4 is 4.90 Å². The molecule has 0 spiro atoms. The summed E-state index contributed by atoms with van der Waals surface area (Å²) in [5.41, 5.74) is -9.27. The Hall–Kier alpha value is -2.94. The molecule has 0 fully saturated rings. The standard InChI is InChI=1S/C26H15Br2F10NO2/c1-39(22(41)13-6-3-2-4-7-13)19-9-5-8-15(21(19)29)20(40)12-16-17(27)10-14(11-18(16)28)23(30,25(33,34)35)24(31,32)26(36,37)38/h2-11H,12H2,1H3. The van der Waals surface area contributed by atoms with Crippen LogP contribution in [-0.4, -0.2) is 37.0 Å². The lowest BCUT2D eigenvalue weighted by molar-refractivity contribution is -0.389. The highest BCUT2D eigenvalue weighted by Crippen LogP contribution is 2.58. The molecule has 1 unspecified atom stereocenters. The van der Waals surface area contributed by atoms with Crippen molar-refractivity contribution < 1.29 is 53.5 Å². The fraction of sp³-hybridized carbons (Fsp3) is 0.231. The zero-order valence-corrected chi connectivity index (χ0v) is 23.5. The lowest BCUT2D eigenvalue weighted by Gasteiger charge is -2.36. The molecule has 0 N–H and O–H groups in total. The molecule has 0 radical (unpaired) electrons. The van der Waals surface area contributed by atoms with Crippen LogP contribution in [0.2, 0.25) is 0 Å². The zero-order valence-electron chi connectivity index (χ0n) is 20.3. The highest BCUT2D eigenvalue weighted by Gasteiger charge is 2.81.